The molecule has 0 aliphatic rings. The van der Waals surface area contributed by atoms with E-state index in [4.69, 9.17) is 25.1 Å². The van der Waals surface area contributed by atoms with Crippen LogP contribution in [0.5, 0.6) is 17.4 Å². The topological polar surface area (TPSA) is 125 Å². The monoisotopic (exact) mass is 458 g/mol. The second-order valence-corrected chi connectivity index (χ2v) is 8.46. The number of nitrogen functional groups attached to an aromatic ring is 1. The fourth-order valence-corrected chi connectivity index (χ4v) is 3.25. The third-order valence-electron chi connectivity index (χ3n) is 4.91. The van der Waals surface area contributed by atoms with E-state index in [1.54, 1.807) is 12.1 Å². The highest BCUT2D eigenvalue weighted by atomic mass is 16.5. The van der Waals surface area contributed by atoms with Gasteiger partial charge in [0.05, 0.1) is 25.9 Å². The van der Waals surface area contributed by atoms with Crippen molar-refractivity contribution in [3.05, 3.63) is 35.4 Å². The van der Waals surface area contributed by atoms with Gasteiger partial charge in [-0.15, -0.1) is 4.68 Å². The number of carbonyl (C=O) groups excluding carboxylic acids is 1. The van der Waals surface area contributed by atoms with Crippen molar-refractivity contribution < 1.29 is 28.8 Å². The summed E-state index contributed by atoms with van der Waals surface area (Å²) in [5.41, 5.74) is 7.87. The first-order valence-electron chi connectivity index (χ1n) is 10.9. The van der Waals surface area contributed by atoms with Crippen molar-refractivity contribution in [1.82, 2.24) is 14.7 Å². The molecule has 0 bridgehead atoms. The van der Waals surface area contributed by atoms with Crippen LogP contribution in [0.15, 0.2) is 24.3 Å². The molecule has 2 heterocycles. The molecule has 0 fully saturated rings. The number of hydrogen-bond donors (Lipinski definition) is 2. The van der Waals surface area contributed by atoms with Crippen LogP contribution in [0.1, 0.15) is 50.5 Å². The number of ketones is 1. The van der Waals surface area contributed by atoms with E-state index in [-0.39, 0.29) is 36.9 Å². The number of Topliss-reactive ketones (excluding diaryl/α,β-unsaturated/α-hetero) is 1. The van der Waals surface area contributed by atoms with Gasteiger partial charge in [0.15, 0.2) is 18.1 Å². The first kappa shape index (κ1) is 24.2. The molecular formula is C23H32N5O5+. The Morgan fingerprint density at radius 2 is 1.85 bits per heavy atom. The number of aliphatic hydroxyl groups excluding tert-OH is 1. The molecule has 10 heteroatoms. The molecular weight excluding hydrogens is 426 g/mol. The van der Waals surface area contributed by atoms with Crippen LogP contribution in [0.4, 0.5) is 5.95 Å². The molecule has 3 rings (SSSR count). The fraction of sp³-hybridized carbons (Fsp3) is 0.478. The zero-order valence-corrected chi connectivity index (χ0v) is 19.8. The third-order valence-corrected chi connectivity index (χ3v) is 4.91. The zero-order valence-electron chi connectivity index (χ0n) is 19.8. The van der Waals surface area contributed by atoms with E-state index in [1.165, 1.54) is 9.20 Å². The molecule has 0 atom stereocenters. The molecule has 178 valence electrons. The van der Waals surface area contributed by atoms with Gasteiger partial charge >= 0.3 is 5.95 Å². The van der Waals surface area contributed by atoms with Gasteiger partial charge in [0, 0.05) is 5.56 Å². The van der Waals surface area contributed by atoms with E-state index in [2.05, 4.69) is 31.0 Å². The van der Waals surface area contributed by atoms with E-state index in [0.717, 1.165) is 5.56 Å². The molecule has 3 N–H and O–H groups in total. The van der Waals surface area contributed by atoms with Crippen molar-refractivity contribution in [2.45, 2.75) is 46.6 Å². The number of carbonyl (C=O) groups is 1. The van der Waals surface area contributed by atoms with E-state index >= 15 is 0 Å². The number of ether oxygens (including phenoxy) is 3. The van der Waals surface area contributed by atoms with Gasteiger partial charge in [0.25, 0.3) is 11.5 Å². The van der Waals surface area contributed by atoms with Crippen LogP contribution in [0.2, 0.25) is 0 Å². The van der Waals surface area contributed by atoms with E-state index in [0.29, 0.717) is 41.8 Å². The lowest BCUT2D eigenvalue weighted by atomic mass is 9.85. The summed E-state index contributed by atoms with van der Waals surface area (Å²) in [7, 11) is 0. The minimum absolute atomic E-state index is 0.0994. The Kier molecular flexibility index (Phi) is 7.37. The quantitative estimate of drug-likeness (QED) is 0.349. The van der Waals surface area contributed by atoms with Crippen molar-refractivity contribution in [1.29, 1.82) is 0 Å². The number of nitrogens with zero attached hydrogens (tertiary/aromatic N) is 4. The summed E-state index contributed by atoms with van der Waals surface area (Å²) >= 11 is 0. The number of rotatable bonds is 10. The molecule has 3 aromatic rings. The largest absolute Gasteiger partial charge is 0.491 e. The van der Waals surface area contributed by atoms with Crippen molar-refractivity contribution in [2.75, 3.05) is 32.2 Å². The predicted molar refractivity (Wildman–Crippen MR) is 122 cm³/mol. The molecule has 0 aliphatic heterocycles. The molecule has 2 aromatic heterocycles. The SMILES string of the molecule is CCOc1cc(OCC)c2n[n+](CC(=O)c3cc(OCCO)cc(C(C)(C)C)c3)c(N)n2n1. The average Bonchev–Trinajstić information content (AvgIpc) is 3.07. The number of aromatic nitrogens is 4. The summed E-state index contributed by atoms with van der Waals surface area (Å²) in [6.45, 7) is 10.7. The maximum Gasteiger partial charge on any atom is 0.401 e. The Bertz CT molecular complexity index is 1140. The van der Waals surface area contributed by atoms with Crippen LogP contribution < -0.4 is 24.6 Å². The number of anilines is 1. The maximum absolute atomic E-state index is 13.2. The summed E-state index contributed by atoms with van der Waals surface area (Å²) < 4.78 is 19.6. The van der Waals surface area contributed by atoms with Crippen molar-refractivity contribution in [3.8, 4) is 17.4 Å². The summed E-state index contributed by atoms with van der Waals surface area (Å²) in [5, 5.41) is 17.9. The highest BCUT2D eigenvalue weighted by Crippen LogP contribution is 2.28. The van der Waals surface area contributed by atoms with Gasteiger partial charge in [-0.2, -0.15) is 0 Å². The second kappa shape index (κ2) is 10.0. The van der Waals surface area contributed by atoms with Gasteiger partial charge < -0.3 is 19.3 Å². The lowest BCUT2D eigenvalue weighted by Gasteiger charge is -2.21. The van der Waals surface area contributed by atoms with E-state index in [1.807, 2.05) is 26.0 Å². The molecule has 0 saturated heterocycles. The smallest absolute Gasteiger partial charge is 0.401 e. The molecule has 0 unspecified atom stereocenters. The van der Waals surface area contributed by atoms with E-state index in [9.17, 15) is 4.79 Å². The van der Waals surface area contributed by atoms with Crippen molar-refractivity contribution in [2.24, 2.45) is 0 Å². The van der Waals surface area contributed by atoms with E-state index < -0.39 is 0 Å². The van der Waals surface area contributed by atoms with Gasteiger partial charge in [-0.3, -0.25) is 10.5 Å². The van der Waals surface area contributed by atoms with Crippen molar-refractivity contribution in [3.63, 3.8) is 0 Å². The predicted octanol–water partition coefficient (Wildman–Crippen LogP) is 1.95. The number of aliphatic hydroxyl groups is 1. The zero-order chi connectivity index (χ0) is 24.2. The van der Waals surface area contributed by atoms with Gasteiger partial charge in [-0.05, 0) is 43.0 Å². The van der Waals surface area contributed by atoms with Crippen LogP contribution in [-0.2, 0) is 12.0 Å². The Morgan fingerprint density at radius 1 is 1.12 bits per heavy atom. The Morgan fingerprint density at radius 3 is 2.48 bits per heavy atom. The molecule has 10 nitrogen and oxygen atoms in total. The maximum atomic E-state index is 13.2. The number of hydrogen-bond acceptors (Lipinski definition) is 8. The van der Waals surface area contributed by atoms with Crippen molar-refractivity contribution >= 4 is 17.4 Å². The summed E-state index contributed by atoms with van der Waals surface area (Å²) in [4.78, 5) is 13.2. The standard InChI is InChI=1S/C23H31N5O5/c1-6-31-19-13-20(32-7-2)25-28-21(19)26-27(22(28)24)14-18(30)15-10-16(23(3,4)5)12-17(11-15)33-9-8-29/h10-13,24,29H,6-9,14H2,1-5H3/p+1. The molecule has 33 heavy (non-hydrogen) atoms. The molecule has 0 saturated carbocycles. The fourth-order valence-electron chi connectivity index (χ4n) is 3.25. The van der Waals surface area contributed by atoms with Gasteiger partial charge in [-0.1, -0.05) is 35.5 Å². The Balaban J connectivity index is 1.99. The number of fused-ring (bicyclic) bond motifs is 1. The van der Waals surface area contributed by atoms with Gasteiger partial charge in [0.2, 0.25) is 0 Å². The minimum atomic E-state index is -0.200. The van der Waals surface area contributed by atoms with Crippen LogP contribution in [0.25, 0.3) is 5.65 Å². The average molecular weight is 459 g/mol. The first-order chi connectivity index (χ1) is 15.7. The molecule has 0 amide bonds. The highest BCUT2D eigenvalue weighted by Gasteiger charge is 2.26. The highest BCUT2D eigenvalue weighted by molar-refractivity contribution is 5.95. The minimum Gasteiger partial charge on any atom is -0.491 e. The third kappa shape index (κ3) is 5.51. The number of nitrogens with two attached hydrogens (primary N) is 1. The second-order valence-electron chi connectivity index (χ2n) is 8.46. The first-order valence-corrected chi connectivity index (χ1v) is 10.9. The summed E-state index contributed by atoms with van der Waals surface area (Å²) in [6, 6.07) is 7.04. The molecule has 0 radical (unpaired) electrons. The lowest BCUT2D eigenvalue weighted by Crippen LogP contribution is -2.42. The van der Waals surface area contributed by atoms with Crippen LogP contribution in [0.3, 0.4) is 0 Å². The molecule has 1 aromatic carbocycles. The van der Waals surface area contributed by atoms with Crippen LogP contribution in [-0.4, -0.2) is 52.0 Å². The molecule has 0 spiro atoms. The van der Waals surface area contributed by atoms with Gasteiger partial charge in [-0.25, -0.2) is 0 Å². The summed E-state index contributed by atoms with van der Waals surface area (Å²) in [5.74, 6) is 1.31. The lowest BCUT2D eigenvalue weighted by molar-refractivity contribution is -0.723. The van der Waals surface area contributed by atoms with Crippen LogP contribution >= 0.6 is 0 Å². The Hall–Kier alpha value is -3.40. The van der Waals surface area contributed by atoms with Crippen LogP contribution in [0, 0.1) is 0 Å². The Labute approximate surface area is 192 Å². The van der Waals surface area contributed by atoms with Gasteiger partial charge in [0.1, 0.15) is 12.4 Å². The normalized spacial score (nSPS) is 11.6. The molecule has 0 aliphatic carbocycles. The summed E-state index contributed by atoms with van der Waals surface area (Å²) in [6.07, 6.45) is 0. The number of benzene rings is 1.